The molecular weight excluding hydrogens is 344 g/mol. The fraction of sp³-hybridized carbons (Fsp3) is 0.333. The number of aryl methyl sites for hydroxylation is 1. The molecule has 0 unspecified atom stereocenters. The lowest BCUT2D eigenvalue weighted by Gasteiger charge is -2.29. The molecule has 1 heterocycles. The number of rotatable bonds is 5. The molecule has 0 fully saturated rings. The highest BCUT2D eigenvalue weighted by molar-refractivity contribution is 5.97. The summed E-state index contributed by atoms with van der Waals surface area (Å²) in [5.74, 6) is 1.02. The molecule has 0 aromatic heterocycles. The van der Waals surface area contributed by atoms with Gasteiger partial charge in [0.25, 0.3) is 5.91 Å². The Morgan fingerprint density at radius 2 is 1.74 bits per heavy atom. The summed E-state index contributed by atoms with van der Waals surface area (Å²) in [7, 11) is 3.21. The van der Waals surface area contributed by atoms with Gasteiger partial charge in [-0.05, 0) is 48.2 Å². The number of hydrogen-bond donors (Lipinski definition) is 1. The van der Waals surface area contributed by atoms with Crippen LogP contribution in [0.3, 0.4) is 0 Å². The number of nitrogens with one attached hydrogen (secondary N) is 1. The van der Waals surface area contributed by atoms with Gasteiger partial charge in [0.1, 0.15) is 0 Å². The van der Waals surface area contributed by atoms with E-state index < -0.39 is 0 Å². The van der Waals surface area contributed by atoms with Crippen LogP contribution in [0.5, 0.6) is 11.5 Å². The third-order valence-electron chi connectivity index (χ3n) is 4.86. The number of nitrogens with zero attached hydrogens (tertiary/aromatic N) is 1. The Kier molecular flexibility index (Phi) is 5.64. The summed E-state index contributed by atoms with van der Waals surface area (Å²) in [5, 5.41) is 2.73. The lowest BCUT2D eigenvalue weighted by atomic mass is 9.98. The van der Waals surface area contributed by atoms with Crippen molar-refractivity contribution in [2.24, 2.45) is 0 Å². The van der Waals surface area contributed by atoms with Crippen molar-refractivity contribution in [3.05, 3.63) is 58.7 Å². The maximum Gasteiger partial charge on any atom is 0.251 e. The molecule has 6 nitrogen and oxygen atoms in total. The Morgan fingerprint density at radius 1 is 1.07 bits per heavy atom. The summed E-state index contributed by atoms with van der Waals surface area (Å²) in [4.78, 5) is 26.6. The molecule has 1 aliphatic rings. The zero-order valence-electron chi connectivity index (χ0n) is 15.9. The minimum absolute atomic E-state index is 0.0181. The van der Waals surface area contributed by atoms with E-state index in [1.807, 2.05) is 37.3 Å². The summed E-state index contributed by atoms with van der Waals surface area (Å²) >= 11 is 0. The molecule has 2 amide bonds. The van der Waals surface area contributed by atoms with E-state index in [-0.39, 0.29) is 18.4 Å². The van der Waals surface area contributed by atoms with E-state index in [1.54, 1.807) is 25.2 Å². The zero-order valence-corrected chi connectivity index (χ0v) is 15.9. The average Bonchev–Trinajstić information content (AvgIpc) is 2.70. The first-order valence-electron chi connectivity index (χ1n) is 8.89. The smallest absolute Gasteiger partial charge is 0.251 e. The molecule has 0 saturated carbocycles. The first-order chi connectivity index (χ1) is 13.0. The largest absolute Gasteiger partial charge is 0.493 e. The highest BCUT2D eigenvalue weighted by Crippen LogP contribution is 2.33. The quantitative estimate of drug-likeness (QED) is 0.880. The molecule has 1 N–H and O–H groups in total. The zero-order chi connectivity index (χ0) is 19.4. The van der Waals surface area contributed by atoms with Crippen molar-refractivity contribution in [1.82, 2.24) is 10.2 Å². The number of fused-ring (bicyclic) bond motifs is 1. The summed E-state index contributed by atoms with van der Waals surface area (Å²) < 4.78 is 10.7. The van der Waals surface area contributed by atoms with E-state index in [0.717, 1.165) is 23.1 Å². The second-order valence-corrected chi connectivity index (χ2v) is 6.54. The summed E-state index contributed by atoms with van der Waals surface area (Å²) in [6.45, 7) is 2.96. The van der Waals surface area contributed by atoms with E-state index >= 15 is 0 Å². The molecular formula is C21H24N2O4. The monoisotopic (exact) mass is 368 g/mol. The number of benzene rings is 2. The Labute approximate surface area is 159 Å². The second-order valence-electron chi connectivity index (χ2n) is 6.54. The van der Waals surface area contributed by atoms with Gasteiger partial charge in [0.15, 0.2) is 11.5 Å². The van der Waals surface area contributed by atoms with E-state index in [9.17, 15) is 9.59 Å². The summed E-state index contributed by atoms with van der Waals surface area (Å²) in [6, 6.07) is 11.2. The SMILES string of the molecule is COc1cc2c(cc1OC)CN(C(=O)CNC(=O)c1ccccc1C)CC2. The fourth-order valence-electron chi connectivity index (χ4n) is 3.29. The first kappa shape index (κ1) is 18.8. The van der Waals surface area contributed by atoms with Gasteiger partial charge >= 0.3 is 0 Å². The van der Waals surface area contributed by atoms with Crippen molar-refractivity contribution < 1.29 is 19.1 Å². The fourth-order valence-corrected chi connectivity index (χ4v) is 3.29. The van der Waals surface area contributed by atoms with Crippen molar-refractivity contribution in [3.8, 4) is 11.5 Å². The molecule has 0 saturated heterocycles. The van der Waals surface area contributed by atoms with E-state index in [2.05, 4.69) is 5.32 Å². The predicted octanol–water partition coefficient (Wildman–Crippen LogP) is 2.33. The molecule has 3 rings (SSSR count). The highest BCUT2D eigenvalue weighted by Gasteiger charge is 2.23. The minimum atomic E-state index is -0.231. The van der Waals surface area contributed by atoms with Gasteiger partial charge in [0.05, 0.1) is 20.8 Å². The standard InChI is InChI=1S/C21H24N2O4/c1-14-6-4-5-7-17(14)21(25)22-12-20(24)23-9-8-15-10-18(26-2)19(27-3)11-16(15)13-23/h4-7,10-11H,8-9,12-13H2,1-3H3,(H,22,25). The number of carbonyl (C=O) groups is 2. The van der Waals surface area contributed by atoms with E-state index in [1.165, 1.54) is 0 Å². The van der Waals surface area contributed by atoms with Crippen molar-refractivity contribution in [3.63, 3.8) is 0 Å². The maximum atomic E-state index is 12.6. The van der Waals surface area contributed by atoms with Crippen LogP contribution in [0.1, 0.15) is 27.0 Å². The Morgan fingerprint density at radius 3 is 2.41 bits per heavy atom. The molecule has 0 bridgehead atoms. The molecule has 1 aliphatic heterocycles. The third-order valence-corrected chi connectivity index (χ3v) is 4.86. The lowest BCUT2D eigenvalue weighted by Crippen LogP contribution is -2.42. The Bertz CT molecular complexity index is 863. The Balaban J connectivity index is 1.64. The number of methoxy groups -OCH3 is 2. The predicted molar refractivity (Wildman–Crippen MR) is 102 cm³/mol. The number of hydrogen-bond acceptors (Lipinski definition) is 4. The van der Waals surface area contributed by atoms with Crippen molar-refractivity contribution in [2.45, 2.75) is 19.9 Å². The van der Waals surface area contributed by atoms with Crippen molar-refractivity contribution in [1.29, 1.82) is 0 Å². The average molecular weight is 368 g/mol. The maximum absolute atomic E-state index is 12.6. The number of carbonyl (C=O) groups excluding carboxylic acids is 2. The normalized spacial score (nSPS) is 12.9. The molecule has 142 valence electrons. The first-order valence-corrected chi connectivity index (χ1v) is 8.89. The van der Waals surface area contributed by atoms with Crippen LogP contribution >= 0.6 is 0 Å². The van der Waals surface area contributed by atoms with Crippen LogP contribution in [0, 0.1) is 6.92 Å². The van der Waals surface area contributed by atoms with E-state index in [4.69, 9.17) is 9.47 Å². The van der Waals surface area contributed by atoms with Gasteiger partial charge in [-0.25, -0.2) is 0 Å². The van der Waals surface area contributed by atoms with Gasteiger partial charge in [-0.2, -0.15) is 0 Å². The van der Waals surface area contributed by atoms with Crippen LogP contribution in [0.4, 0.5) is 0 Å². The second kappa shape index (κ2) is 8.12. The van der Waals surface area contributed by atoms with Crippen LogP contribution in [0.15, 0.2) is 36.4 Å². The summed E-state index contributed by atoms with van der Waals surface area (Å²) in [5.41, 5.74) is 3.67. The number of ether oxygens (including phenoxy) is 2. The minimum Gasteiger partial charge on any atom is -0.493 e. The van der Waals surface area contributed by atoms with Crippen LogP contribution in [-0.4, -0.2) is 44.0 Å². The van der Waals surface area contributed by atoms with Crippen LogP contribution in [0.2, 0.25) is 0 Å². The van der Waals surface area contributed by atoms with Gasteiger partial charge in [-0.3, -0.25) is 9.59 Å². The van der Waals surface area contributed by atoms with Crippen LogP contribution < -0.4 is 14.8 Å². The van der Waals surface area contributed by atoms with E-state index in [0.29, 0.717) is 30.2 Å². The van der Waals surface area contributed by atoms with Gasteiger partial charge < -0.3 is 19.7 Å². The summed E-state index contributed by atoms with van der Waals surface area (Å²) in [6.07, 6.45) is 0.743. The molecule has 27 heavy (non-hydrogen) atoms. The molecule has 0 spiro atoms. The highest BCUT2D eigenvalue weighted by atomic mass is 16.5. The van der Waals surface area contributed by atoms with Crippen molar-refractivity contribution >= 4 is 11.8 Å². The molecule has 0 atom stereocenters. The topological polar surface area (TPSA) is 67.9 Å². The lowest BCUT2D eigenvalue weighted by molar-refractivity contribution is -0.131. The van der Waals surface area contributed by atoms with Gasteiger partial charge in [-0.15, -0.1) is 0 Å². The molecule has 6 heteroatoms. The van der Waals surface area contributed by atoms with Crippen molar-refractivity contribution in [2.75, 3.05) is 27.3 Å². The molecule has 0 aliphatic carbocycles. The molecule has 0 radical (unpaired) electrons. The molecule has 2 aromatic rings. The van der Waals surface area contributed by atoms with Gasteiger partial charge in [0, 0.05) is 18.7 Å². The molecule has 2 aromatic carbocycles. The van der Waals surface area contributed by atoms with Crippen LogP contribution in [0.25, 0.3) is 0 Å². The number of amides is 2. The van der Waals surface area contributed by atoms with Gasteiger partial charge in [0.2, 0.25) is 5.91 Å². The van der Waals surface area contributed by atoms with Gasteiger partial charge in [-0.1, -0.05) is 18.2 Å². The van der Waals surface area contributed by atoms with Crippen LogP contribution in [-0.2, 0) is 17.8 Å². The third kappa shape index (κ3) is 4.05. The Hall–Kier alpha value is -3.02.